The molecule has 9 heteroatoms. The van der Waals surface area contributed by atoms with Crippen molar-refractivity contribution in [3.05, 3.63) is 119 Å². The van der Waals surface area contributed by atoms with Crippen LogP contribution >= 0.6 is 23.5 Å². The second-order valence-corrected chi connectivity index (χ2v) is 8.78. The van der Waals surface area contributed by atoms with E-state index < -0.39 is 11.7 Å². The molecule has 0 aromatic heterocycles. The standard InChI is InChI=1S/C27H22ClFN4O2S/c28-23-16-21(14-15-25(23)32-26(34)18-6-2-1-3-7-18)30-17-36-33-20-12-10-19(11-13-20)31-27(35)22-8-4-5-9-24(22)29/h1-16,30,33H,17H2,(H,31,35)(H,32,34). The van der Waals surface area contributed by atoms with Crippen LogP contribution in [0.25, 0.3) is 0 Å². The van der Waals surface area contributed by atoms with E-state index in [1.807, 2.05) is 24.3 Å². The van der Waals surface area contributed by atoms with Crippen molar-refractivity contribution in [3.8, 4) is 0 Å². The van der Waals surface area contributed by atoms with E-state index in [0.717, 1.165) is 11.4 Å². The zero-order valence-corrected chi connectivity index (χ0v) is 20.5. The maximum Gasteiger partial charge on any atom is 0.258 e. The van der Waals surface area contributed by atoms with Gasteiger partial charge in [0.25, 0.3) is 11.8 Å². The van der Waals surface area contributed by atoms with Crippen LogP contribution in [0.4, 0.5) is 27.1 Å². The summed E-state index contributed by atoms with van der Waals surface area (Å²) in [6.07, 6.45) is 0. The molecule has 6 nitrogen and oxygen atoms in total. The highest BCUT2D eigenvalue weighted by Crippen LogP contribution is 2.26. The largest absolute Gasteiger partial charge is 0.374 e. The lowest BCUT2D eigenvalue weighted by Crippen LogP contribution is -2.13. The van der Waals surface area contributed by atoms with Crippen LogP contribution in [-0.2, 0) is 0 Å². The summed E-state index contributed by atoms with van der Waals surface area (Å²) in [4.78, 5) is 24.5. The number of rotatable bonds is 9. The van der Waals surface area contributed by atoms with Gasteiger partial charge >= 0.3 is 0 Å². The van der Waals surface area contributed by atoms with E-state index in [2.05, 4.69) is 20.7 Å². The van der Waals surface area contributed by atoms with E-state index in [9.17, 15) is 14.0 Å². The number of halogens is 2. The van der Waals surface area contributed by atoms with Gasteiger partial charge in [-0.05, 0) is 78.7 Å². The molecule has 4 aromatic rings. The first kappa shape index (κ1) is 25.1. The lowest BCUT2D eigenvalue weighted by molar-refractivity contribution is 0.101. The molecule has 182 valence electrons. The first-order chi connectivity index (χ1) is 17.5. The van der Waals surface area contributed by atoms with Crippen molar-refractivity contribution >= 4 is 58.1 Å². The van der Waals surface area contributed by atoms with Gasteiger partial charge in [0.1, 0.15) is 5.82 Å². The molecule has 0 bridgehead atoms. The highest BCUT2D eigenvalue weighted by molar-refractivity contribution is 8.00. The van der Waals surface area contributed by atoms with E-state index >= 15 is 0 Å². The zero-order chi connectivity index (χ0) is 25.3. The highest BCUT2D eigenvalue weighted by atomic mass is 35.5. The van der Waals surface area contributed by atoms with Crippen molar-refractivity contribution in [2.75, 3.05) is 26.5 Å². The molecule has 0 atom stereocenters. The number of carbonyl (C=O) groups excluding carboxylic acids is 2. The molecule has 4 rings (SSSR count). The summed E-state index contributed by atoms with van der Waals surface area (Å²) in [5.41, 5.74) is 3.28. The molecule has 0 fully saturated rings. The Morgan fingerprint density at radius 1 is 0.750 bits per heavy atom. The fraction of sp³-hybridized carbons (Fsp3) is 0.0370. The molecule has 0 heterocycles. The Bertz CT molecular complexity index is 1350. The summed E-state index contributed by atoms with van der Waals surface area (Å²) >= 11 is 7.77. The van der Waals surface area contributed by atoms with Gasteiger partial charge in [-0.25, -0.2) is 4.39 Å². The van der Waals surface area contributed by atoms with E-state index in [-0.39, 0.29) is 11.5 Å². The molecule has 4 N–H and O–H groups in total. The van der Waals surface area contributed by atoms with Gasteiger partial charge in [-0.1, -0.05) is 41.9 Å². The number of benzene rings is 4. The summed E-state index contributed by atoms with van der Waals surface area (Å²) in [7, 11) is 0. The molecule has 0 unspecified atom stereocenters. The van der Waals surface area contributed by atoms with Crippen LogP contribution < -0.4 is 20.7 Å². The summed E-state index contributed by atoms with van der Waals surface area (Å²) in [5, 5.41) is 9.16. The molecule has 0 radical (unpaired) electrons. The molecule has 0 spiro atoms. The van der Waals surface area contributed by atoms with Gasteiger partial charge in [0.2, 0.25) is 0 Å². The molecule has 4 aromatic carbocycles. The van der Waals surface area contributed by atoms with E-state index in [1.165, 1.54) is 30.1 Å². The van der Waals surface area contributed by atoms with Crippen molar-refractivity contribution in [3.63, 3.8) is 0 Å². The summed E-state index contributed by atoms with van der Waals surface area (Å²) in [6, 6.07) is 27.2. The molecule has 36 heavy (non-hydrogen) atoms. The second-order valence-electron chi connectivity index (χ2n) is 7.59. The number of nitrogens with one attached hydrogen (secondary N) is 4. The van der Waals surface area contributed by atoms with Crippen molar-refractivity contribution in [1.29, 1.82) is 0 Å². The minimum atomic E-state index is -0.565. The van der Waals surface area contributed by atoms with Gasteiger partial charge in [-0.3, -0.25) is 9.59 Å². The van der Waals surface area contributed by atoms with Gasteiger partial charge in [-0.15, -0.1) is 0 Å². The topological polar surface area (TPSA) is 82.3 Å². The predicted molar refractivity (Wildman–Crippen MR) is 146 cm³/mol. The average molecular weight is 521 g/mol. The van der Waals surface area contributed by atoms with Gasteiger partial charge in [0.05, 0.1) is 22.2 Å². The van der Waals surface area contributed by atoms with E-state index in [0.29, 0.717) is 27.8 Å². The Morgan fingerprint density at radius 3 is 2.14 bits per heavy atom. The number of amides is 2. The van der Waals surface area contributed by atoms with Crippen LogP contribution in [0.5, 0.6) is 0 Å². The van der Waals surface area contributed by atoms with Gasteiger partial charge in [-0.2, -0.15) is 0 Å². The fourth-order valence-electron chi connectivity index (χ4n) is 3.21. The van der Waals surface area contributed by atoms with E-state index in [1.54, 1.807) is 54.6 Å². The Kier molecular flexibility index (Phi) is 8.44. The number of carbonyl (C=O) groups is 2. The van der Waals surface area contributed by atoms with Crippen LogP contribution in [0.3, 0.4) is 0 Å². The number of hydrogen-bond acceptors (Lipinski definition) is 5. The lowest BCUT2D eigenvalue weighted by Gasteiger charge is -2.12. The lowest BCUT2D eigenvalue weighted by atomic mass is 10.2. The quantitative estimate of drug-likeness (QED) is 0.107. The molecule has 0 saturated carbocycles. The average Bonchev–Trinajstić information content (AvgIpc) is 2.89. The minimum Gasteiger partial charge on any atom is -0.374 e. The minimum absolute atomic E-state index is 0.00644. The smallest absolute Gasteiger partial charge is 0.258 e. The second kappa shape index (κ2) is 12.1. The van der Waals surface area contributed by atoms with Gasteiger partial charge in [0.15, 0.2) is 0 Å². The SMILES string of the molecule is O=C(Nc1ccc(NCSNc2ccc(NC(=O)c3ccccc3F)cc2)cc1Cl)c1ccccc1. The van der Waals surface area contributed by atoms with Crippen LogP contribution in [0.1, 0.15) is 20.7 Å². The highest BCUT2D eigenvalue weighted by Gasteiger charge is 2.11. The summed E-state index contributed by atoms with van der Waals surface area (Å²) in [5.74, 6) is -0.754. The first-order valence-corrected chi connectivity index (χ1v) is 12.3. The number of hydrogen-bond donors (Lipinski definition) is 4. The molecule has 2 amide bonds. The third kappa shape index (κ3) is 6.78. The molecule has 0 aliphatic heterocycles. The van der Waals surface area contributed by atoms with Crippen LogP contribution in [0.2, 0.25) is 5.02 Å². The van der Waals surface area contributed by atoms with Crippen molar-refractivity contribution < 1.29 is 14.0 Å². The Labute approximate surface area is 217 Å². The zero-order valence-electron chi connectivity index (χ0n) is 18.9. The normalized spacial score (nSPS) is 10.4. The molecule has 0 aliphatic rings. The van der Waals surface area contributed by atoms with E-state index in [4.69, 9.17) is 11.6 Å². The van der Waals surface area contributed by atoms with Gasteiger partial charge < -0.3 is 20.7 Å². The molecular formula is C27H22ClFN4O2S. The summed E-state index contributed by atoms with van der Waals surface area (Å²) in [6.45, 7) is 0. The molecule has 0 aliphatic carbocycles. The third-order valence-corrected chi connectivity index (χ3v) is 6.03. The van der Waals surface area contributed by atoms with Crippen LogP contribution in [0, 0.1) is 5.82 Å². The Hall–Kier alpha value is -4.01. The molecule has 0 saturated heterocycles. The molecular weight excluding hydrogens is 499 g/mol. The Balaban J connectivity index is 1.22. The van der Waals surface area contributed by atoms with Crippen molar-refractivity contribution in [1.82, 2.24) is 0 Å². The van der Waals surface area contributed by atoms with Crippen molar-refractivity contribution in [2.24, 2.45) is 0 Å². The summed E-state index contributed by atoms with van der Waals surface area (Å²) < 4.78 is 17.0. The number of anilines is 4. The maximum absolute atomic E-state index is 13.8. The first-order valence-electron chi connectivity index (χ1n) is 10.9. The third-order valence-electron chi connectivity index (χ3n) is 5.05. The fourth-order valence-corrected chi connectivity index (χ4v) is 4.06. The monoisotopic (exact) mass is 520 g/mol. The maximum atomic E-state index is 13.8. The Morgan fingerprint density at radius 2 is 1.42 bits per heavy atom. The van der Waals surface area contributed by atoms with Crippen molar-refractivity contribution in [2.45, 2.75) is 0 Å². The van der Waals surface area contributed by atoms with Gasteiger partial charge in [0, 0.05) is 22.6 Å². The van der Waals surface area contributed by atoms with Crippen LogP contribution in [0.15, 0.2) is 97.1 Å². The predicted octanol–water partition coefficient (Wildman–Crippen LogP) is 7.11. The van der Waals surface area contributed by atoms with Crippen LogP contribution in [-0.4, -0.2) is 17.7 Å².